The average molecular weight is 267 g/mol. The lowest BCUT2D eigenvalue weighted by atomic mass is 10.2. The zero-order valence-electron chi connectivity index (χ0n) is 10.5. The lowest BCUT2D eigenvalue weighted by Crippen LogP contribution is -2.29. The highest BCUT2D eigenvalue weighted by atomic mass is 32.1. The van der Waals surface area contributed by atoms with Crippen molar-refractivity contribution in [3.8, 4) is 0 Å². The maximum absolute atomic E-state index is 11.9. The van der Waals surface area contributed by atoms with Crippen molar-refractivity contribution in [2.45, 2.75) is 19.4 Å². The van der Waals surface area contributed by atoms with E-state index in [9.17, 15) is 9.59 Å². The van der Waals surface area contributed by atoms with Gasteiger partial charge in [0.1, 0.15) is 4.99 Å². The molecule has 1 rings (SSSR count). The maximum Gasteiger partial charge on any atom is 0.260 e. The van der Waals surface area contributed by atoms with Crippen LogP contribution in [-0.4, -0.2) is 34.5 Å². The third kappa shape index (κ3) is 3.66. The summed E-state index contributed by atoms with van der Waals surface area (Å²) in [5, 5.41) is 0. The number of carbonyl (C=O) groups excluding carboxylic acids is 1. The molecule has 0 saturated heterocycles. The molecule has 0 aromatic carbocycles. The van der Waals surface area contributed by atoms with Crippen LogP contribution in [0.5, 0.6) is 0 Å². The van der Waals surface area contributed by atoms with Gasteiger partial charge in [-0.15, -0.1) is 0 Å². The number of hydrogen-bond donors (Lipinski definition) is 1. The lowest BCUT2D eigenvalue weighted by Gasteiger charge is -2.11. The Morgan fingerprint density at radius 2 is 2.17 bits per heavy atom. The van der Waals surface area contributed by atoms with Crippen molar-refractivity contribution >= 4 is 23.1 Å². The van der Waals surface area contributed by atoms with Crippen LogP contribution < -0.4 is 11.3 Å². The van der Waals surface area contributed by atoms with Gasteiger partial charge in [0.25, 0.3) is 5.56 Å². The van der Waals surface area contributed by atoms with Gasteiger partial charge in [0.15, 0.2) is 0 Å². The summed E-state index contributed by atoms with van der Waals surface area (Å²) in [5.41, 5.74) is 5.59. The van der Waals surface area contributed by atoms with Crippen molar-refractivity contribution in [1.29, 1.82) is 0 Å². The number of pyridine rings is 1. The number of hydrogen-bond acceptors (Lipinski definition) is 3. The molecule has 5 nitrogen and oxygen atoms in total. The molecular formula is C12H17N3O2S. The fraction of sp³-hybridized carbons (Fsp3) is 0.417. The van der Waals surface area contributed by atoms with Crippen LogP contribution in [0.25, 0.3) is 0 Å². The zero-order chi connectivity index (χ0) is 13.7. The summed E-state index contributed by atoms with van der Waals surface area (Å²) in [6, 6.07) is 3.33. The van der Waals surface area contributed by atoms with Crippen LogP contribution in [0.3, 0.4) is 0 Å². The molecule has 1 amide bonds. The van der Waals surface area contributed by atoms with Crippen molar-refractivity contribution in [2.75, 3.05) is 14.1 Å². The summed E-state index contributed by atoms with van der Waals surface area (Å²) >= 11 is 4.80. The van der Waals surface area contributed by atoms with Crippen molar-refractivity contribution in [3.05, 3.63) is 34.2 Å². The Morgan fingerprint density at radius 1 is 1.50 bits per heavy atom. The molecule has 1 aromatic heterocycles. The number of nitrogens with two attached hydrogens (primary N) is 1. The third-order valence-electron chi connectivity index (χ3n) is 2.57. The number of amides is 1. The lowest BCUT2D eigenvalue weighted by molar-refractivity contribution is -0.128. The first-order chi connectivity index (χ1) is 8.43. The van der Waals surface area contributed by atoms with Crippen LogP contribution in [0.15, 0.2) is 23.1 Å². The standard InChI is InChI=1S/C12H17N3O2S/c1-14(2)10(16)6-4-8-15-7-3-5-9(11(13)18)12(15)17/h3,5,7H,4,6,8H2,1-2H3,(H2,13,18). The minimum atomic E-state index is -0.206. The van der Waals surface area contributed by atoms with Crippen LogP contribution in [0.4, 0.5) is 0 Å². The van der Waals surface area contributed by atoms with Crippen molar-refractivity contribution in [1.82, 2.24) is 9.47 Å². The second kappa shape index (κ2) is 6.30. The summed E-state index contributed by atoms with van der Waals surface area (Å²) in [7, 11) is 3.42. The van der Waals surface area contributed by atoms with Gasteiger partial charge in [0.2, 0.25) is 5.91 Å². The van der Waals surface area contributed by atoms with E-state index in [-0.39, 0.29) is 16.5 Å². The Labute approximate surface area is 111 Å². The van der Waals surface area contributed by atoms with E-state index in [1.54, 1.807) is 32.4 Å². The van der Waals surface area contributed by atoms with Gasteiger partial charge < -0.3 is 15.2 Å². The smallest absolute Gasteiger partial charge is 0.260 e. The molecule has 0 aliphatic rings. The van der Waals surface area contributed by atoms with Crippen LogP contribution >= 0.6 is 12.2 Å². The van der Waals surface area contributed by atoms with Crippen molar-refractivity contribution < 1.29 is 4.79 Å². The van der Waals surface area contributed by atoms with E-state index in [0.29, 0.717) is 24.9 Å². The zero-order valence-corrected chi connectivity index (χ0v) is 11.4. The minimum Gasteiger partial charge on any atom is -0.389 e. The highest BCUT2D eigenvalue weighted by molar-refractivity contribution is 7.80. The number of nitrogens with zero attached hydrogens (tertiary/aromatic N) is 2. The molecule has 0 aliphatic heterocycles. The Kier molecular flexibility index (Phi) is 5.03. The Hall–Kier alpha value is -1.69. The fourth-order valence-corrected chi connectivity index (χ4v) is 1.68. The molecule has 0 unspecified atom stereocenters. The molecule has 1 heterocycles. The van der Waals surface area contributed by atoms with Gasteiger partial charge in [-0.3, -0.25) is 9.59 Å². The predicted molar refractivity (Wildman–Crippen MR) is 74.5 cm³/mol. The summed E-state index contributed by atoms with van der Waals surface area (Å²) in [6.45, 7) is 0.481. The fourth-order valence-electron chi connectivity index (χ4n) is 1.52. The number of aromatic nitrogens is 1. The minimum absolute atomic E-state index is 0.0496. The molecular weight excluding hydrogens is 250 g/mol. The van der Waals surface area contributed by atoms with Gasteiger partial charge in [-0.2, -0.15) is 0 Å². The monoisotopic (exact) mass is 267 g/mol. The molecule has 0 aliphatic carbocycles. The molecule has 2 N–H and O–H groups in total. The van der Waals surface area contributed by atoms with Gasteiger partial charge in [-0.1, -0.05) is 12.2 Å². The Bertz CT molecular complexity index is 508. The van der Waals surface area contributed by atoms with Crippen LogP contribution in [0, 0.1) is 0 Å². The van der Waals surface area contributed by atoms with E-state index >= 15 is 0 Å². The highest BCUT2D eigenvalue weighted by Gasteiger charge is 2.07. The van der Waals surface area contributed by atoms with E-state index in [2.05, 4.69) is 0 Å². The van der Waals surface area contributed by atoms with E-state index in [1.165, 1.54) is 9.47 Å². The molecule has 0 spiro atoms. The molecule has 0 fully saturated rings. The Morgan fingerprint density at radius 3 is 2.72 bits per heavy atom. The quantitative estimate of drug-likeness (QED) is 0.782. The molecule has 0 radical (unpaired) electrons. The summed E-state index contributed by atoms with van der Waals surface area (Å²) in [5.74, 6) is 0.0496. The number of thiocarbonyl (C=S) groups is 1. The number of rotatable bonds is 5. The molecule has 1 aromatic rings. The van der Waals surface area contributed by atoms with E-state index in [0.717, 1.165) is 0 Å². The maximum atomic E-state index is 11.9. The molecule has 0 bridgehead atoms. The first-order valence-electron chi connectivity index (χ1n) is 5.63. The second-order valence-corrected chi connectivity index (χ2v) is 4.62. The third-order valence-corrected chi connectivity index (χ3v) is 2.79. The van der Waals surface area contributed by atoms with Crippen LogP contribution in [0.2, 0.25) is 0 Å². The predicted octanol–water partition coefficient (Wildman–Crippen LogP) is 0.351. The normalized spacial score (nSPS) is 10.1. The average Bonchev–Trinajstić information content (AvgIpc) is 2.30. The van der Waals surface area contributed by atoms with Crippen molar-refractivity contribution in [3.63, 3.8) is 0 Å². The summed E-state index contributed by atoms with van der Waals surface area (Å²) < 4.78 is 1.53. The summed E-state index contributed by atoms with van der Waals surface area (Å²) in [6.07, 6.45) is 2.69. The van der Waals surface area contributed by atoms with Gasteiger partial charge in [0.05, 0.1) is 5.56 Å². The van der Waals surface area contributed by atoms with E-state index in [4.69, 9.17) is 18.0 Å². The molecule has 98 valence electrons. The van der Waals surface area contributed by atoms with Gasteiger partial charge in [0, 0.05) is 33.3 Å². The first-order valence-corrected chi connectivity index (χ1v) is 6.03. The van der Waals surface area contributed by atoms with Gasteiger partial charge >= 0.3 is 0 Å². The largest absolute Gasteiger partial charge is 0.389 e. The topological polar surface area (TPSA) is 68.3 Å². The van der Waals surface area contributed by atoms with E-state index < -0.39 is 0 Å². The van der Waals surface area contributed by atoms with Gasteiger partial charge in [-0.25, -0.2) is 0 Å². The molecule has 0 atom stereocenters. The molecule has 18 heavy (non-hydrogen) atoms. The van der Waals surface area contributed by atoms with Crippen LogP contribution in [0.1, 0.15) is 18.4 Å². The van der Waals surface area contributed by atoms with Crippen molar-refractivity contribution in [2.24, 2.45) is 5.73 Å². The van der Waals surface area contributed by atoms with Gasteiger partial charge in [-0.05, 0) is 18.6 Å². The molecule has 6 heteroatoms. The Balaban J connectivity index is 2.69. The second-order valence-electron chi connectivity index (χ2n) is 4.18. The van der Waals surface area contributed by atoms with E-state index in [1.807, 2.05) is 0 Å². The summed E-state index contributed by atoms with van der Waals surface area (Å²) in [4.78, 5) is 24.9. The first kappa shape index (κ1) is 14.4. The van der Waals surface area contributed by atoms with Crippen LogP contribution in [-0.2, 0) is 11.3 Å². The molecule has 0 saturated carbocycles. The number of carbonyl (C=O) groups is 1. The highest BCUT2D eigenvalue weighted by Crippen LogP contribution is 1.98. The number of aryl methyl sites for hydroxylation is 1. The SMILES string of the molecule is CN(C)C(=O)CCCn1cccc(C(N)=S)c1=O.